The predicted molar refractivity (Wildman–Crippen MR) is 82.5 cm³/mol. The van der Waals surface area contributed by atoms with Crippen molar-refractivity contribution in [1.29, 1.82) is 0 Å². The van der Waals surface area contributed by atoms with E-state index in [1.165, 1.54) is 6.20 Å². The second-order valence-electron chi connectivity index (χ2n) is 5.30. The van der Waals surface area contributed by atoms with Crippen LogP contribution in [0.25, 0.3) is 0 Å². The smallest absolute Gasteiger partial charge is 0.305 e. The van der Waals surface area contributed by atoms with Crippen molar-refractivity contribution in [3.8, 4) is 5.88 Å². The summed E-state index contributed by atoms with van der Waals surface area (Å²) in [6.07, 6.45) is 2.83. The van der Waals surface area contributed by atoms with Crippen molar-refractivity contribution < 1.29 is 24.2 Å². The van der Waals surface area contributed by atoms with Gasteiger partial charge < -0.3 is 19.5 Å². The van der Waals surface area contributed by atoms with Crippen molar-refractivity contribution in [3.05, 3.63) is 23.9 Å². The standard InChI is InChI=1S/C16H22N2O5/c1-2-23-14-4-3-12(11-17-14)16(21)18(8-5-15(19)20)13-6-9-22-10-7-13/h3-4,11,13H,2,5-10H2,1H3,(H,19,20). The minimum Gasteiger partial charge on any atom is -0.481 e. The molecule has 0 aliphatic carbocycles. The van der Waals surface area contributed by atoms with E-state index >= 15 is 0 Å². The topological polar surface area (TPSA) is 89.0 Å². The highest BCUT2D eigenvalue weighted by Gasteiger charge is 2.27. The van der Waals surface area contributed by atoms with Gasteiger partial charge in [0.15, 0.2) is 0 Å². The predicted octanol–water partition coefficient (Wildman–Crippen LogP) is 1.58. The lowest BCUT2D eigenvalue weighted by molar-refractivity contribution is -0.137. The molecule has 1 fully saturated rings. The Morgan fingerprint density at radius 2 is 2.13 bits per heavy atom. The molecule has 1 saturated heterocycles. The van der Waals surface area contributed by atoms with Gasteiger partial charge in [-0.1, -0.05) is 0 Å². The first-order valence-electron chi connectivity index (χ1n) is 7.81. The number of nitrogens with zero attached hydrogens (tertiary/aromatic N) is 2. The Hall–Kier alpha value is -2.15. The van der Waals surface area contributed by atoms with Crippen LogP contribution in [0.4, 0.5) is 0 Å². The quantitative estimate of drug-likeness (QED) is 0.820. The largest absolute Gasteiger partial charge is 0.481 e. The number of carboxylic acids is 1. The van der Waals surface area contributed by atoms with Crippen LogP contribution in [0.3, 0.4) is 0 Å². The second kappa shape index (κ2) is 8.47. The van der Waals surface area contributed by atoms with E-state index in [0.717, 1.165) is 12.8 Å². The number of amides is 1. The molecule has 0 bridgehead atoms. The van der Waals surface area contributed by atoms with Crippen molar-refractivity contribution in [2.45, 2.75) is 32.2 Å². The van der Waals surface area contributed by atoms with Gasteiger partial charge in [-0.15, -0.1) is 0 Å². The summed E-state index contributed by atoms with van der Waals surface area (Å²) in [7, 11) is 0. The number of ether oxygens (including phenoxy) is 2. The average molecular weight is 322 g/mol. The number of aliphatic carboxylic acids is 1. The number of rotatable bonds is 7. The number of pyridine rings is 1. The van der Waals surface area contributed by atoms with Crippen molar-refractivity contribution in [2.24, 2.45) is 0 Å². The fourth-order valence-corrected chi connectivity index (χ4v) is 2.57. The normalized spacial score (nSPS) is 15.2. The Kier molecular flexibility index (Phi) is 6.34. The molecule has 2 rings (SSSR count). The van der Waals surface area contributed by atoms with E-state index in [-0.39, 0.29) is 24.9 Å². The first-order chi connectivity index (χ1) is 11.1. The van der Waals surface area contributed by atoms with Gasteiger partial charge in [0.25, 0.3) is 5.91 Å². The van der Waals surface area contributed by atoms with E-state index in [0.29, 0.717) is 31.3 Å². The fraction of sp³-hybridized carbons (Fsp3) is 0.562. The van der Waals surface area contributed by atoms with Gasteiger partial charge in [0, 0.05) is 38.1 Å². The second-order valence-corrected chi connectivity index (χ2v) is 5.30. The molecule has 0 atom stereocenters. The zero-order valence-corrected chi connectivity index (χ0v) is 13.2. The highest BCUT2D eigenvalue weighted by molar-refractivity contribution is 5.94. The van der Waals surface area contributed by atoms with E-state index in [2.05, 4.69) is 4.98 Å². The van der Waals surface area contributed by atoms with Crippen molar-refractivity contribution in [1.82, 2.24) is 9.88 Å². The van der Waals surface area contributed by atoms with Gasteiger partial charge in [0.05, 0.1) is 18.6 Å². The van der Waals surface area contributed by atoms with E-state index in [1.807, 2.05) is 6.92 Å². The molecule has 0 unspecified atom stereocenters. The van der Waals surface area contributed by atoms with Crippen LogP contribution in [0.5, 0.6) is 5.88 Å². The highest BCUT2D eigenvalue weighted by atomic mass is 16.5. The molecule has 2 heterocycles. The van der Waals surface area contributed by atoms with Gasteiger partial charge in [-0.05, 0) is 25.8 Å². The monoisotopic (exact) mass is 322 g/mol. The molecular formula is C16H22N2O5. The molecule has 1 aliphatic rings. The molecule has 1 N–H and O–H groups in total. The summed E-state index contributed by atoms with van der Waals surface area (Å²) in [4.78, 5) is 29.3. The lowest BCUT2D eigenvalue weighted by Crippen LogP contribution is -2.44. The molecule has 126 valence electrons. The number of hydrogen-bond acceptors (Lipinski definition) is 5. The maximum Gasteiger partial charge on any atom is 0.305 e. The molecule has 0 aromatic carbocycles. The zero-order chi connectivity index (χ0) is 16.7. The van der Waals surface area contributed by atoms with Gasteiger partial charge in [-0.2, -0.15) is 0 Å². The highest BCUT2D eigenvalue weighted by Crippen LogP contribution is 2.18. The summed E-state index contributed by atoms with van der Waals surface area (Å²) in [5, 5.41) is 8.92. The van der Waals surface area contributed by atoms with Crippen LogP contribution in [0.1, 0.15) is 36.5 Å². The molecule has 7 nitrogen and oxygen atoms in total. The molecule has 0 radical (unpaired) electrons. The molecule has 1 aromatic rings. The third-order valence-electron chi connectivity index (χ3n) is 3.73. The summed E-state index contributed by atoms with van der Waals surface area (Å²) in [6, 6.07) is 3.31. The lowest BCUT2D eigenvalue weighted by atomic mass is 10.1. The van der Waals surface area contributed by atoms with E-state index in [1.54, 1.807) is 17.0 Å². The van der Waals surface area contributed by atoms with E-state index < -0.39 is 5.97 Å². The number of hydrogen-bond donors (Lipinski definition) is 1. The van der Waals surface area contributed by atoms with Gasteiger partial charge >= 0.3 is 5.97 Å². The average Bonchev–Trinajstić information content (AvgIpc) is 2.56. The Labute approximate surface area is 135 Å². The van der Waals surface area contributed by atoms with Gasteiger partial charge in [-0.3, -0.25) is 9.59 Å². The van der Waals surface area contributed by atoms with Crippen LogP contribution in [0, 0.1) is 0 Å². The summed E-state index contributed by atoms with van der Waals surface area (Å²) in [5.41, 5.74) is 0.435. The van der Waals surface area contributed by atoms with E-state index in [4.69, 9.17) is 14.6 Å². The van der Waals surface area contributed by atoms with Crippen LogP contribution < -0.4 is 4.74 Å². The number of aromatic nitrogens is 1. The number of carbonyl (C=O) groups excluding carboxylic acids is 1. The Morgan fingerprint density at radius 1 is 1.39 bits per heavy atom. The first kappa shape index (κ1) is 17.2. The molecule has 1 aliphatic heterocycles. The fourth-order valence-electron chi connectivity index (χ4n) is 2.57. The lowest BCUT2D eigenvalue weighted by Gasteiger charge is -2.34. The van der Waals surface area contributed by atoms with Gasteiger partial charge in [-0.25, -0.2) is 4.98 Å². The SMILES string of the molecule is CCOc1ccc(C(=O)N(CCC(=O)O)C2CCOCC2)cn1. The molecule has 7 heteroatoms. The Balaban J connectivity index is 2.11. The summed E-state index contributed by atoms with van der Waals surface area (Å²) in [5.74, 6) is -0.652. The zero-order valence-electron chi connectivity index (χ0n) is 13.2. The van der Waals surface area contributed by atoms with Crippen molar-refractivity contribution in [2.75, 3.05) is 26.4 Å². The van der Waals surface area contributed by atoms with Crippen LogP contribution in [0.2, 0.25) is 0 Å². The molecule has 0 saturated carbocycles. The van der Waals surface area contributed by atoms with Crippen molar-refractivity contribution >= 4 is 11.9 Å². The first-order valence-corrected chi connectivity index (χ1v) is 7.81. The molecule has 0 spiro atoms. The molecular weight excluding hydrogens is 300 g/mol. The molecule has 1 aromatic heterocycles. The van der Waals surface area contributed by atoms with Gasteiger partial charge in [0.2, 0.25) is 5.88 Å². The van der Waals surface area contributed by atoms with Crippen LogP contribution in [0.15, 0.2) is 18.3 Å². The van der Waals surface area contributed by atoms with Crippen LogP contribution in [-0.4, -0.2) is 59.3 Å². The number of carboxylic acid groups (broad SMARTS) is 1. The van der Waals surface area contributed by atoms with Crippen LogP contribution in [-0.2, 0) is 9.53 Å². The summed E-state index contributed by atoms with van der Waals surface area (Å²) < 4.78 is 10.6. The minimum atomic E-state index is -0.917. The summed E-state index contributed by atoms with van der Waals surface area (Å²) >= 11 is 0. The van der Waals surface area contributed by atoms with Crippen molar-refractivity contribution in [3.63, 3.8) is 0 Å². The maximum atomic E-state index is 12.7. The summed E-state index contributed by atoms with van der Waals surface area (Å²) in [6.45, 7) is 3.73. The van der Waals surface area contributed by atoms with Crippen LogP contribution >= 0.6 is 0 Å². The maximum absolute atomic E-state index is 12.7. The third-order valence-corrected chi connectivity index (χ3v) is 3.73. The number of carbonyl (C=O) groups is 2. The van der Waals surface area contributed by atoms with Gasteiger partial charge in [0.1, 0.15) is 0 Å². The minimum absolute atomic E-state index is 0.00201. The Morgan fingerprint density at radius 3 is 2.70 bits per heavy atom. The Bertz CT molecular complexity index is 526. The third kappa shape index (κ3) is 4.92. The van der Waals surface area contributed by atoms with E-state index in [9.17, 15) is 9.59 Å². The molecule has 1 amide bonds. The molecule has 23 heavy (non-hydrogen) atoms.